The van der Waals surface area contributed by atoms with E-state index in [4.69, 9.17) is 4.74 Å². The molecule has 0 saturated carbocycles. The van der Waals surface area contributed by atoms with E-state index in [-0.39, 0.29) is 5.69 Å². The molecule has 0 aromatic heterocycles. The Morgan fingerprint density at radius 1 is 1.08 bits per heavy atom. The Kier molecular flexibility index (Phi) is 6.43. The summed E-state index contributed by atoms with van der Waals surface area (Å²) in [5.41, 5.74) is 0.760. The van der Waals surface area contributed by atoms with Crippen LogP contribution in [-0.4, -0.2) is 25.0 Å². The third-order valence-corrected chi connectivity index (χ3v) is 3.43. The van der Waals surface area contributed by atoms with Gasteiger partial charge in [-0.25, -0.2) is 8.78 Å². The molecule has 2 rings (SSSR count). The maximum atomic E-state index is 13.1. The fourth-order valence-corrected chi connectivity index (χ4v) is 2.09. The first-order chi connectivity index (χ1) is 12.4. The summed E-state index contributed by atoms with van der Waals surface area (Å²) in [7, 11) is 1.56. The average Bonchev–Trinajstić information content (AvgIpc) is 2.59. The van der Waals surface area contributed by atoms with Crippen molar-refractivity contribution in [1.29, 1.82) is 0 Å². The number of nitrogens with one attached hydrogen (secondary N) is 2. The molecule has 1 atom stereocenters. The molecular formula is C19H18F2N2O3. The number of methoxy groups -OCH3 is 1. The Morgan fingerprint density at radius 3 is 2.27 bits per heavy atom. The summed E-state index contributed by atoms with van der Waals surface area (Å²) in [5.74, 6) is -1.99. The van der Waals surface area contributed by atoms with E-state index >= 15 is 0 Å². The molecule has 0 fully saturated rings. The fourth-order valence-electron chi connectivity index (χ4n) is 2.09. The standard InChI is InChI=1S/C19H18F2N2O3/c1-12(19(25)23-16-10-14(20)9-15(21)11-16)22-18(24)8-5-13-3-6-17(26-2)7-4-13/h3-12H,1-2H3,(H,22,24)(H,23,25)/b8-5+. The van der Waals surface area contributed by atoms with Crippen molar-refractivity contribution in [3.05, 3.63) is 65.7 Å². The lowest BCUT2D eigenvalue weighted by atomic mass is 10.2. The highest BCUT2D eigenvalue weighted by molar-refractivity contribution is 5.99. The predicted octanol–water partition coefficient (Wildman–Crippen LogP) is 3.13. The number of anilines is 1. The van der Waals surface area contributed by atoms with E-state index in [9.17, 15) is 18.4 Å². The van der Waals surface area contributed by atoms with Crippen LogP contribution in [0.3, 0.4) is 0 Å². The Bertz CT molecular complexity index is 800. The number of carbonyl (C=O) groups excluding carboxylic acids is 2. The molecule has 136 valence electrons. The van der Waals surface area contributed by atoms with Gasteiger partial charge in [0.05, 0.1) is 7.11 Å². The molecule has 2 aromatic rings. The fraction of sp³-hybridized carbons (Fsp3) is 0.158. The number of ether oxygens (including phenoxy) is 1. The molecule has 0 spiro atoms. The lowest BCUT2D eigenvalue weighted by Gasteiger charge is -2.13. The largest absolute Gasteiger partial charge is 0.497 e. The maximum absolute atomic E-state index is 13.1. The molecule has 0 bridgehead atoms. The van der Waals surface area contributed by atoms with Crippen LogP contribution in [0.5, 0.6) is 5.75 Å². The van der Waals surface area contributed by atoms with Crippen LogP contribution in [0.1, 0.15) is 12.5 Å². The molecule has 0 aliphatic heterocycles. The maximum Gasteiger partial charge on any atom is 0.246 e. The first-order valence-electron chi connectivity index (χ1n) is 7.77. The monoisotopic (exact) mass is 360 g/mol. The number of hydrogen-bond donors (Lipinski definition) is 2. The molecule has 1 unspecified atom stereocenters. The molecule has 0 aliphatic carbocycles. The summed E-state index contributed by atoms with van der Waals surface area (Å²) in [6, 6.07) is 8.84. The minimum absolute atomic E-state index is 0.0256. The van der Waals surface area contributed by atoms with E-state index in [2.05, 4.69) is 10.6 Å². The second-order valence-corrected chi connectivity index (χ2v) is 5.48. The molecule has 0 radical (unpaired) electrons. The van der Waals surface area contributed by atoms with E-state index in [1.165, 1.54) is 13.0 Å². The topological polar surface area (TPSA) is 67.4 Å². The number of carbonyl (C=O) groups is 2. The van der Waals surface area contributed by atoms with Gasteiger partial charge in [-0.2, -0.15) is 0 Å². The molecule has 0 saturated heterocycles. The van der Waals surface area contributed by atoms with Crippen LogP contribution in [0, 0.1) is 11.6 Å². The van der Waals surface area contributed by atoms with Crippen molar-refractivity contribution in [1.82, 2.24) is 5.32 Å². The van der Waals surface area contributed by atoms with E-state index in [0.29, 0.717) is 11.8 Å². The average molecular weight is 360 g/mol. The van der Waals surface area contributed by atoms with Gasteiger partial charge in [0.15, 0.2) is 0 Å². The van der Waals surface area contributed by atoms with Crippen LogP contribution in [0.15, 0.2) is 48.5 Å². The highest BCUT2D eigenvalue weighted by Gasteiger charge is 2.15. The predicted molar refractivity (Wildman–Crippen MR) is 94.6 cm³/mol. The van der Waals surface area contributed by atoms with Gasteiger partial charge in [-0.15, -0.1) is 0 Å². The van der Waals surface area contributed by atoms with Crippen molar-refractivity contribution in [3.8, 4) is 5.75 Å². The number of amides is 2. The van der Waals surface area contributed by atoms with Crippen molar-refractivity contribution >= 4 is 23.6 Å². The highest BCUT2D eigenvalue weighted by atomic mass is 19.1. The van der Waals surface area contributed by atoms with Gasteiger partial charge in [0, 0.05) is 17.8 Å². The second kappa shape index (κ2) is 8.75. The van der Waals surface area contributed by atoms with Crippen molar-refractivity contribution < 1.29 is 23.1 Å². The van der Waals surface area contributed by atoms with Crippen LogP contribution < -0.4 is 15.4 Å². The molecule has 2 aromatic carbocycles. The van der Waals surface area contributed by atoms with Crippen molar-refractivity contribution in [2.75, 3.05) is 12.4 Å². The number of benzene rings is 2. The van der Waals surface area contributed by atoms with Crippen LogP contribution in [0.25, 0.3) is 6.08 Å². The van der Waals surface area contributed by atoms with Crippen molar-refractivity contribution in [2.45, 2.75) is 13.0 Å². The van der Waals surface area contributed by atoms with Gasteiger partial charge in [-0.1, -0.05) is 12.1 Å². The lowest BCUT2D eigenvalue weighted by molar-refractivity contribution is -0.123. The summed E-state index contributed by atoms with van der Waals surface area (Å²) in [6.07, 6.45) is 2.87. The van der Waals surface area contributed by atoms with E-state index in [0.717, 1.165) is 17.7 Å². The first-order valence-corrected chi connectivity index (χ1v) is 7.77. The summed E-state index contributed by atoms with van der Waals surface area (Å²) in [4.78, 5) is 23.9. The van der Waals surface area contributed by atoms with Gasteiger partial charge in [-0.05, 0) is 42.8 Å². The third-order valence-electron chi connectivity index (χ3n) is 3.43. The molecule has 0 aliphatic rings. The second-order valence-electron chi connectivity index (χ2n) is 5.48. The molecule has 7 heteroatoms. The van der Waals surface area contributed by atoms with Gasteiger partial charge in [-0.3, -0.25) is 9.59 Å². The van der Waals surface area contributed by atoms with Crippen LogP contribution >= 0.6 is 0 Å². The van der Waals surface area contributed by atoms with Crippen molar-refractivity contribution in [2.24, 2.45) is 0 Å². The lowest BCUT2D eigenvalue weighted by Crippen LogP contribution is -2.40. The molecule has 26 heavy (non-hydrogen) atoms. The minimum Gasteiger partial charge on any atom is -0.497 e. The Labute approximate surface area is 149 Å². The van der Waals surface area contributed by atoms with Crippen LogP contribution in [0.4, 0.5) is 14.5 Å². The van der Waals surface area contributed by atoms with Gasteiger partial charge in [0.2, 0.25) is 11.8 Å². The number of rotatable bonds is 6. The van der Waals surface area contributed by atoms with Gasteiger partial charge in [0.1, 0.15) is 23.4 Å². The highest BCUT2D eigenvalue weighted by Crippen LogP contribution is 2.13. The molecule has 2 N–H and O–H groups in total. The zero-order valence-corrected chi connectivity index (χ0v) is 14.3. The van der Waals surface area contributed by atoms with Crippen LogP contribution in [-0.2, 0) is 9.59 Å². The Hall–Kier alpha value is -3.22. The molecule has 2 amide bonds. The van der Waals surface area contributed by atoms with Gasteiger partial charge in [0.25, 0.3) is 0 Å². The quantitative estimate of drug-likeness (QED) is 0.778. The summed E-state index contributed by atoms with van der Waals surface area (Å²) < 4.78 is 31.3. The zero-order valence-electron chi connectivity index (χ0n) is 14.3. The van der Waals surface area contributed by atoms with E-state index < -0.39 is 29.5 Å². The molecule has 5 nitrogen and oxygen atoms in total. The van der Waals surface area contributed by atoms with E-state index in [1.807, 2.05) is 0 Å². The normalized spacial score (nSPS) is 11.8. The minimum atomic E-state index is -0.894. The summed E-state index contributed by atoms with van der Waals surface area (Å²) >= 11 is 0. The van der Waals surface area contributed by atoms with E-state index in [1.54, 1.807) is 37.5 Å². The first kappa shape index (κ1) is 19.1. The SMILES string of the molecule is COc1ccc(/C=C/C(=O)NC(C)C(=O)Nc2cc(F)cc(F)c2)cc1. The smallest absolute Gasteiger partial charge is 0.246 e. The number of halogens is 2. The van der Waals surface area contributed by atoms with Crippen molar-refractivity contribution in [3.63, 3.8) is 0 Å². The number of hydrogen-bond acceptors (Lipinski definition) is 3. The molecule has 0 heterocycles. The summed E-state index contributed by atoms with van der Waals surface area (Å²) in [6.45, 7) is 1.46. The molecular weight excluding hydrogens is 342 g/mol. The summed E-state index contributed by atoms with van der Waals surface area (Å²) in [5, 5.41) is 4.82. The van der Waals surface area contributed by atoms with Gasteiger partial charge < -0.3 is 15.4 Å². The zero-order chi connectivity index (χ0) is 19.1. The van der Waals surface area contributed by atoms with Crippen LogP contribution in [0.2, 0.25) is 0 Å². The third kappa shape index (κ3) is 5.70. The Morgan fingerprint density at radius 2 is 1.69 bits per heavy atom. The van der Waals surface area contributed by atoms with Gasteiger partial charge >= 0.3 is 0 Å². The Balaban J connectivity index is 1.90.